The summed E-state index contributed by atoms with van der Waals surface area (Å²) < 4.78 is 0. The van der Waals surface area contributed by atoms with Crippen LogP contribution in [0.5, 0.6) is 11.5 Å². The maximum Gasteiger partial charge on any atom is 0.350 e. The van der Waals surface area contributed by atoms with Crippen LogP contribution < -0.4 is 21.7 Å². The molecule has 1 unspecified atom stereocenters. The fourth-order valence-electron chi connectivity index (χ4n) is 4.89. The quantitative estimate of drug-likeness (QED) is 0.0620. The Kier molecular flexibility index (Phi) is 8.97. The first-order chi connectivity index (χ1) is 22.5. The number of hydrogen-bond donors (Lipinski definition) is 8. The average molecular weight is 727 g/mol. The Morgan fingerprint density at radius 1 is 1.25 bits per heavy atom. The van der Waals surface area contributed by atoms with E-state index in [1.165, 1.54) is 30.2 Å². The molecule has 19 nitrogen and oxygen atoms in total. The van der Waals surface area contributed by atoms with Gasteiger partial charge in [-0.2, -0.15) is 0 Å². The molecule has 48 heavy (non-hydrogen) atoms. The molecular weight excluding hydrogens is 700 g/mol. The molecule has 4 atom stereocenters. The number of carboxylic acid groups (broad SMARTS) is 2. The number of benzene rings is 1. The van der Waals surface area contributed by atoms with E-state index in [2.05, 4.69) is 26.1 Å². The first kappa shape index (κ1) is 34.3. The lowest BCUT2D eigenvalue weighted by Gasteiger charge is -2.41. The van der Waals surface area contributed by atoms with E-state index in [0.29, 0.717) is 0 Å². The zero-order valence-electron chi connectivity index (χ0n) is 24.8. The zero-order chi connectivity index (χ0) is 35.3. The van der Waals surface area contributed by atoms with Gasteiger partial charge in [-0.1, -0.05) is 28.5 Å². The van der Waals surface area contributed by atoms with E-state index < -0.39 is 92.4 Å². The van der Waals surface area contributed by atoms with Crippen molar-refractivity contribution >= 4 is 81.2 Å². The van der Waals surface area contributed by atoms with E-state index in [-0.39, 0.29) is 29.5 Å². The molecule has 0 spiro atoms. The summed E-state index contributed by atoms with van der Waals surface area (Å²) in [5.41, 5.74) is 3.15. The van der Waals surface area contributed by atoms with Crippen molar-refractivity contribution < 1.29 is 54.0 Å². The van der Waals surface area contributed by atoms with Gasteiger partial charge in [0.1, 0.15) is 17.1 Å². The second kappa shape index (κ2) is 12.5. The third kappa shape index (κ3) is 6.06. The Bertz CT molecular complexity index is 1770. The number of rotatable bonds is 11. The maximum atomic E-state index is 13.3. The van der Waals surface area contributed by atoms with Crippen LogP contribution in [0.25, 0.3) is 0 Å². The Hall–Kier alpha value is -5.02. The third-order valence-electron chi connectivity index (χ3n) is 7.58. The van der Waals surface area contributed by atoms with Gasteiger partial charge >= 0.3 is 18.0 Å². The zero-order valence-corrected chi connectivity index (χ0v) is 27.2. The number of fused-ring (bicyclic) bond motifs is 1. The van der Waals surface area contributed by atoms with E-state index in [1.54, 1.807) is 0 Å². The van der Waals surface area contributed by atoms with Gasteiger partial charge in [-0.25, -0.2) is 19.4 Å². The molecule has 256 valence electrons. The van der Waals surface area contributed by atoms with Crippen molar-refractivity contribution in [3.8, 4) is 11.5 Å². The second-order valence-corrected chi connectivity index (χ2v) is 13.9. The molecule has 9 N–H and O–H groups in total. The Balaban J connectivity index is 1.28. The number of thiazole rings is 1. The number of nitrogen functional groups attached to an aromatic ring is 1. The second-order valence-electron chi connectivity index (χ2n) is 11.2. The fraction of sp³-hybridized carbons (Fsp3) is 0.385. The van der Waals surface area contributed by atoms with Gasteiger partial charge in [0.15, 0.2) is 22.3 Å². The number of urea groups is 1. The largest absolute Gasteiger partial charge is 0.504 e. The summed E-state index contributed by atoms with van der Waals surface area (Å²) in [6, 6.07) is -0.567. The van der Waals surface area contributed by atoms with Gasteiger partial charge in [0.25, 0.3) is 11.8 Å². The van der Waals surface area contributed by atoms with Crippen LogP contribution in [0.2, 0.25) is 5.02 Å². The highest BCUT2D eigenvalue weighted by Gasteiger charge is 2.66. The minimum atomic E-state index is -1.97. The van der Waals surface area contributed by atoms with Crippen molar-refractivity contribution in [3.63, 3.8) is 0 Å². The number of phenolic OH excluding ortho intramolecular Hbond substituents is 2. The van der Waals surface area contributed by atoms with E-state index in [4.69, 9.17) is 22.2 Å². The van der Waals surface area contributed by atoms with Gasteiger partial charge in [-0.3, -0.25) is 19.3 Å². The van der Waals surface area contributed by atoms with Crippen LogP contribution in [-0.4, -0.2) is 124 Å². The number of carbonyl (C=O) groups excluding carboxylic acids is 4. The lowest BCUT2D eigenvalue weighted by molar-refractivity contribution is -0.161. The molecule has 0 bridgehead atoms. The minimum Gasteiger partial charge on any atom is -0.504 e. The van der Waals surface area contributed by atoms with E-state index in [9.17, 15) is 49.2 Å². The number of phenols is 2. The van der Waals surface area contributed by atoms with E-state index in [0.717, 1.165) is 34.1 Å². The topological polar surface area (TPSA) is 286 Å². The molecule has 3 saturated heterocycles. The maximum absolute atomic E-state index is 13.3. The highest BCUT2D eigenvalue weighted by molar-refractivity contribution is 8.02. The number of nitrogens with one attached hydrogen (secondary N) is 3. The molecule has 3 aliphatic heterocycles. The fourth-order valence-corrected chi connectivity index (χ4v) is 7.30. The number of hydrogen-bond acceptors (Lipinski definition) is 14. The van der Waals surface area contributed by atoms with E-state index in [1.807, 2.05) is 0 Å². The van der Waals surface area contributed by atoms with Gasteiger partial charge in [0.05, 0.1) is 23.2 Å². The number of aromatic nitrogens is 1. The number of nitrogens with zero attached hydrogens (tertiary/aromatic N) is 4. The first-order valence-corrected chi connectivity index (χ1v) is 15.9. The predicted octanol–water partition coefficient (Wildman–Crippen LogP) is -0.622. The number of thioether (sulfide) groups is 1. The monoisotopic (exact) mass is 726 g/mol. The molecule has 5 amide bonds. The Labute approximate surface area is 283 Å². The summed E-state index contributed by atoms with van der Waals surface area (Å²) >= 11 is 7.65. The van der Waals surface area contributed by atoms with Crippen LogP contribution in [0.1, 0.15) is 29.9 Å². The number of aliphatic carboxylic acids is 2. The average Bonchev–Trinajstić information content (AvgIpc) is 3.73. The predicted molar refractivity (Wildman–Crippen MR) is 167 cm³/mol. The van der Waals surface area contributed by atoms with Crippen LogP contribution in [0, 0.1) is 0 Å². The van der Waals surface area contributed by atoms with Gasteiger partial charge in [-0.05, 0) is 26.0 Å². The third-order valence-corrected chi connectivity index (χ3v) is 10.3. The van der Waals surface area contributed by atoms with Gasteiger partial charge in [-0.15, -0.1) is 11.3 Å². The number of carboxylic acids is 2. The number of aromatic hydroxyl groups is 2. The smallest absolute Gasteiger partial charge is 0.350 e. The van der Waals surface area contributed by atoms with Crippen molar-refractivity contribution in [2.24, 2.45) is 5.16 Å². The minimum absolute atomic E-state index is 0.0601. The number of nitrogens with two attached hydrogens (primary N) is 1. The number of carbonyl (C=O) groups is 6. The molecule has 4 heterocycles. The number of anilines is 1. The number of β-lactam (4-membered cyclic amide) rings is 1. The Morgan fingerprint density at radius 2 is 1.96 bits per heavy atom. The van der Waals surface area contributed by atoms with Gasteiger partial charge < -0.3 is 51.8 Å². The molecule has 0 radical (unpaired) electrons. The van der Waals surface area contributed by atoms with Crippen LogP contribution in [0.15, 0.2) is 22.7 Å². The number of oxime groups is 1. The SMILES string of the molecule is CC(C)(O/N=C(\C(=O)N[C@@H]1C(=O)N2C[C@@](C(=O)O)(N3CC(CNC(=O)c4ccc(O)c(O)c4Cl)NC3=O)S[C@H]12)c1csc(N)n1)C(=O)O. The van der Waals surface area contributed by atoms with E-state index >= 15 is 0 Å². The van der Waals surface area contributed by atoms with Crippen molar-refractivity contribution in [1.82, 2.24) is 30.7 Å². The van der Waals surface area contributed by atoms with Crippen molar-refractivity contribution in [1.29, 1.82) is 0 Å². The molecule has 0 saturated carbocycles. The molecule has 1 aromatic heterocycles. The standard InChI is InChI=1S/C26H27ClN8O11S2/c1-25(2,21(41)42)46-33-14(11-7-47-23(28)31-11)18(39)32-15-19(40)34-8-26(22(43)44,48-20(15)34)35-6-9(30-24(35)45)5-29-17(38)10-3-4-12(36)16(37)13(10)27/h3-4,7,9,15,20,36-37H,5-6,8H2,1-2H3,(H2,28,31)(H,29,38)(H,30,45)(H,32,39)(H,41,42)(H,43,44)/b33-14-/t9?,15-,20-,26-/m1/s1. The highest BCUT2D eigenvalue weighted by Crippen LogP contribution is 2.49. The van der Waals surface area contributed by atoms with Crippen LogP contribution in [-0.2, 0) is 24.0 Å². The molecular formula is C26H27ClN8O11S2. The van der Waals surface area contributed by atoms with Crippen molar-refractivity contribution in [3.05, 3.63) is 33.8 Å². The lowest BCUT2D eigenvalue weighted by Crippen LogP contribution is -2.68. The van der Waals surface area contributed by atoms with Crippen molar-refractivity contribution in [2.75, 3.05) is 25.4 Å². The normalized spacial score (nSPS) is 23.6. The summed E-state index contributed by atoms with van der Waals surface area (Å²) in [6.45, 7) is 1.60. The summed E-state index contributed by atoms with van der Waals surface area (Å²) in [7, 11) is 0. The Morgan fingerprint density at radius 3 is 2.58 bits per heavy atom. The highest BCUT2D eigenvalue weighted by atomic mass is 35.5. The van der Waals surface area contributed by atoms with Crippen LogP contribution in [0.3, 0.4) is 0 Å². The van der Waals surface area contributed by atoms with Crippen LogP contribution in [0.4, 0.5) is 9.93 Å². The van der Waals surface area contributed by atoms with Gasteiger partial charge in [0, 0.05) is 18.5 Å². The first-order valence-electron chi connectivity index (χ1n) is 13.8. The molecule has 22 heteroatoms. The van der Waals surface area contributed by atoms with Crippen molar-refractivity contribution in [2.45, 2.75) is 41.8 Å². The molecule has 3 fully saturated rings. The summed E-state index contributed by atoms with van der Waals surface area (Å²) in [5, 5.41) is 50.4. The molecule has 5 rings (SSSR count). The number of amides is 5. The molecule has 0 aliphatic carbocycles. The summed E-state index contributed by atoms with van der Waals surface area (Å²) in [5.74, 6) is -6.39. The van der Waals surface area contributed by atoms with Crippen LogP contribution >= 0.6 is 34.7 Å². The molecule has 3 aliphatic rings. The lowest BCUT2D eigenvalue weighted by atomic mass is 10.0. The number of halogens is 1. The summed E-state index contributed by atoms with van der Waals surface area (Å²) in [4.78, 5) is 85.6. The summed E-state index contributed by atoms with van der Waals surface area (Å²) in [6.07, 6.45) is 0. The molecule has 2 aromatic rings. The molecule has 1 aromatic carbocycles. The van der Waals surface area contributed by atoms with Gasteiger partial charge in [0.2, 0.25) is 16.4 Å².